The number of benzene rings is 4. The fraction of sp³-hybridized carbons (Fsp3) is 0.462. The lowest BCUT2D eigenvalue weighted by Crippen LogP contribution is -2.52. The molecule has 2 heterocycles. The lowest BCUT2D eigenvalue weighted by molar-refractivity contribution is -0.941. The highest BCUT2D eigenvalue weighted by molar-refractivity contribution is 5.91. The van der Waals surface area contributed by atoms with Crippen molar-refractivity contribution in [1.82, 2.24) is 0 Å². The van der Waals surface area contributed by atoms with Crippen LogP contribution in [0.2, 0.25) is 0 Å². The van der Waals surface area contributed by atoms with Crippen LogP contribution in [0.15, 0.2) is 66.7 Å². The van der Waals surface area contributed by atoms with Crippen molar-refractivity contribution in [3.8, 4) is 23.0 Å². The monoisotopic (exact) mass is 928 g/mol. The Morgan fingerprint density at radius 1 is 0.582 bits per heavy atom. The lowest BCUT2D eigenvalue weighted by Gasteiger charge is -2.46. The molecule has 15 nitrogen and oxygen atoms in total. The van der Waals surface area contributed by atoms with Crippen molar-refractivity contribution in [2.24, 2.45) is 0 Å². The summed E-state index contributed by atoms with van der Waals surface area (Å²) in [5, 5.41) is 50.3. The Labute approximate surface area is 393 Å². The molecule has 4 atom stereocenters. The van der Waals surface area contributed by atoms with Crippen LogP contribution < -0.4 is 18.9 Å². The summed E-state index contributed by atoms with van der Waals surface area (Å²) < 4.78 is 35.0. The Morgan fingerprint density at radius 2 is 1.12 bits per heavy atom. The van der Waals surface area contributed by atoms with Crippen molar-refractivity contribution in [2.45, 2.75) is 77.2 Å². The molecule has 5 N–H and O–H groups in total. The zero-order valence-electron chi connectivity index (χ0n) is 39.7. The smallest absolute Gasteiger partial charge is 0.331 e. The molecule has 0 aliphatic carbocycles. The van der Waals surface area contributed by atoms with E-state index in [2.05, 4.69) is 14.1 Å². The molecular weight excluding hydrogens is 861 g/mol. The van der Waals surface area contributed by atoms with Crippen molar-refractivity contribution in [3.63, 3.8) is 0 Å². The standard InChI is InChI=1S/C52H68N2O13/c1-53(17-13-35-23-40(31-57)41(32-58)25-43(35)45(53)22-34-9-10-37(29-55)39(21-34)30-56)15-7-19-66-49(60)11-12-50(61)67-20-8-16-54(2)18-14-36-26-46(62-3)47(63-4)28-44(36)51(54)38-24-42(33-59)52(65-6)48(27-38)64-5/h9-12,21,23-28,45,51,55-59H,7-8,13-20,22,29-33H2,1-6H3/q+2/b12-11-/t45-,51-,53-,54-/m1/s1. The number of quaternary nitrogens is 2. The van der Waals surface area contributed by atoms with E-state index >= 15 is 0 Å². The highest BCUT2D eigenvalue weighted by Crippen LogP contribution is 2.47. The predicted octanol–water partition coefficient (Wildman–Crippen LogP) is 4.68. The van der Waals surface area contributed by atoms with E-state index in [0.29, 0.717) is 92.1 Å². The molecule has 0 radical (unpaired) electrons. The summed E-state index contributed by atoms with van der Waals surface area (Å²) in [4.78, 5) is 25.6. The number of aliphatic hydroxyl groups is 5. The summed E-state index contributed by atoms with van der Waals surface area (Å²) in [6, 6.07) is 17.4. The molecule has 4 aromatic carbocycles. The Bertz CT molecular complexity index is 2380. The summed E-state index contributed by atoms with van der Waals surface area (Å²) in [5.74, 6) is 0.923. The molecule has 0 spiro atoms. The summed E-state index contributed by atoms with van der Waals surface area (Å²) in [6.07, 6.45) is 5.41. The molecule has 0 saturated carbocycles. The van der Waals surface area contributed by atoms with Crippen molar-refractivity contribution in [1.29, 1.82) is 0 Å². The largest absolute Gasteiger partial charge is 0.493 e. The van der Waals surface area contributed by atoms with Gasteiger partial charge >= 0.3 is 11.9 Å². The second kappa shape index (κ2) is 23.0. The fourth-order valence-electron chi connectivity index (χ4n) is 10.2. The van der Waals surface area contributed by atoms with E-state index in [9.17, 15) is 35.1 Å². The van der Waals surface area contributed by atoms with Gasteiger partial charge in [0.15, 0.2) is 23.0 Å². The molecule has 0 aromatic heterocycles. The molecule has 0 saturated heterocycles. The first-order chi connectivity index (χ1) is 32.3. The van der Waals surface area contributed by atoms with E-state index in [1.165, 1.54) is 0 Å². The zero-order valence-corrected chi connectivity index (χ0v) is 39.7. The van der Waals surface area contributed by atoms with E-state index in [1.807, 2.05) is 54.6 Å². The molecule has 4 aromatic rings. The van der Waals surface area contributed by atoms with Crippen LogP contribution in [-0.4, -0.2) is 128 Å². The van der Waals surface area contributed by atoms with E-state index in [4.69, 9.17) is 28.4 Å². The number of carbonyl (C=O) groups is 2. The molecule has 2 aliphatic rings. The SMILES string of the molecule is COc1cc2c(cc1OC)[C@@H](c1cc(CO)c(OC)c(OC)c1)[N@+](C)(CCCOC(=O)/C=C\C(=O)OCCC[N@+]1(C)CCc3cc(CO)c(CO)cc3[C@H]1Cc1ccc(CO)c(CO)c1)CC2. The third kappa shape index (κ3) is 11.4. The molecule has 0 unspecified atom stereocenters. The van der Waals surface area contributed by atoms with Gasteiger partial charge in [-0.3, -0.25) is 0 Å². The second-order valence-electron chi connectivity index (χ2n) is 17.9. The van der Waals surface area contributed by atoms with Gasteiger partial charge in [-0.25, -0.2) is 9.59 Å². The number of fused-ring (bicyclic) bond motifs is 2. The van der Waals surface area contributed by atoms with E-state index in [-0.39, 0.29) is 58.3 Å². The van der Waals surface area contributed by atoms with Gasteiger partial charge in [-0.15, -0.1) is 0 Å². The molecule has 0 bridgehead atoms. The van der Waals surface area contributed by atoms with E-state index < -0.39 is 11.9 Å². The highest BCUT2D eigenvalue weighted by Gasteiger charge is 2.42. The molecule has 67 heavy (non-hydrogen) atoms. The fourth-order valence-corrected chi connectivity index (χ4v) is 10.2. The summed E-state index contributed by atoms with van der Waals surface area (Å²) in [6.45, 7) is 2.15. The van der Waals surface area contributed by atoms with Crippen LogP contribution in [-0.2, 0) is 71.4 Å². The first-order valence-corrected chi connectivity index (χ1v) is 22.8. The first-order valence-electron chi connectivity index (χ1n) is 22.8. The van der Waals surface area contributed by atoms with Gasteiger partial charge in [-0.05, 0) is 69.3 Å². The molecule has 2 aliphatic heterocycles. The van der Waals surface area contributed by atoms with E-state index in [1.54, 1.807) is 28.4 Å². The van der Waals surface area contributed by atoms with Gasteiger partial charge in [0.2, 0.25) is 0 Å². The number of hydrogen-bond acceptors (Lipinski definition) is 13. The van der Waals surface area contributed by atoms with Gasteiger partial charge in [-0.2, -0.15) is 0 Å². The molecule has 0 amide bonds. The molecule has 15 heteroatoms. The minimum absolute atomic E-state index is 0.0439. The van der Waals surface area contributed by atoms with E-state index in [0.717, 1.165) is 71.5 Å². The summed E-state index contributed by atoms with van der Waals surface area (Å²) in [7, 11) is 10.7. The Morgan fingerprint density at radius 3 is 1.70 bits per heavy atom. The first kappa shape index (κ1) is 50.9. The molecular formula is C52H68N2O13+2. The Hall–Kier alpha value is -5.52. The second-order valence-corrected chi connectivity index (χ2v) is 17.9. The van der Waals surface area contributed by atoms with Crippen LogP contribution in [0.5, 0.6) is 23.0 Å². The number of nitrogens with zero attached hydrogens (tertiary/aromatic N) is 2. The number of carbonyl (C=O) groups excluding carboxylic acids is 2. The maximum Gasteiger partial charge on any atom is 0.331 e. The number of likely N-dealkylation sites (N-methyl/N-ethyl adjacent to an activating group) is 2. The van der Waals surface area contributed by atoms with Crippen molar-refractivity contribution < 1.29 is 72.5 Å². The van der Waals surface area contributed by atoms with Crippen molar-refractivity contribution in [3.05, 3.63) is 128 Å². The quantitative estimate of drug-likeness (QED) is 0.0317. The Kier molecular flexibility index (Phi) is 17.5. The van der Waals surface area contributed by atoms with Crippen LogP contribution in [0.1, 0.15) is 86.1 Å². The van der Waals surface area contributed by atoms with Crippen molar-refractivity contribution >= 4 is 11.9 Å². The topological polar surface area (TPSA) is 191 Å². The van der Waals surface area contributed by atoms with Crippen LogP contribution in [0.3, 0.4) is 0 Å². The average Bonchev–Trinajstić information content (AvgIpc) is 3.35. The van der Waals surface area contributed by atoms with Gasteiger partial charge in [0.1, 0.15) is 12.1 Å². The molecule has 6 rings (SSSR count). The van der Waals surface area contributed by atoms with Gasteiger partial charge in [0.05, 0.1) is 115 Å². The van der Waals surface area contributed by atoms with Crippen LogP contribution in [0.25, 0.3) is 0 Å². The number of aliphatic hydroxyl groups excluding tert-OH is 5. The van der Waals surface area contributed by atoms with Crippen LogP contribution in [0.4, 0.5) is 0 Å². The zero-order chi connectivity index (χ0) is 48.3. The maximum atomic E-state index is 12.8. The van der Waals surface area contributed by atoms with Gasteiger partial charge in [0, 0.05) is 66.5 Å². The van der Waals surface area contributed by atoms with Crippen molar-refractivity contribution in [2.75, 3.05) is 81.9 Å². The minimum atomic E-state index is -0.652. The molecule has 362 valence electrons. The van der Waals surface area contributed by atoms with Gasteiger partial charge < -0.3 is 62.9 Å². The molecule has 0 fully saturated rings. The number of ether oxygens (including phenoxy) is 6. The third-order valence-corrected chi connectivity index (χ3v) is 13.8. The maximum absolute atomic E-state index is 12.8. The average molecular weight is 929 g/mol. The summed E-state index contributed by atoms with van der Waals surface area (Å²) in [5.41, 5.74) is 9.61. The lowest BCUT2D eigenvalue weighted by atomic mass is 9.83. The number of esters is 2. The number of methoxy groups -OCH3 is 4. The minimum Gasteiger partial charge on any atom is -0.493 e. The predicted molar refractivity (Wildman–Crippen MR) is 249 cm³/mol. The highest BCUT2D eigenvalue weighted by atomic mass is 16.5. The van der Waals surface area contributed by atoms with Gasteiger partial charge in [-0.1, -0.05) is 24.3 Å². The summed E-state index contributed by atoms with van der Waals surface area (Å²) >= 11 is 0. The number of rotatable bonds is 22. The Balaban J connectivity index is 1.07. The van der Waals surface area contributed by atoms with Gasteiger partial charge in [0.25, 0.3) is 0 Å². The third-order valence-electron chi connectivity index (χ3n) is 13.8. The van der Waals surface area contributed by atoms with Crippen LogP contribution >= 0.6 is 0 Å². The van der Waals surface area contributed by atoms with Crippen LogP contribution in [0, 0.1) is 0 Å². The normalized spacial score (nSPS) is 19.9. The number of hydrogen-bond donors (Lipinski definition) is 5.